The molecule has 0 atom stereocenters. The molecule has 0 radical (unpaired) electrons. The molecular formula is C19H36. The molecule has 0 aromatic rings. The largest absolute Gasteiger partial charge is 0.0654 e. The van der Waals surface area contributed by atoms with Crippen molar-refractivity contribution in [1.29, 1.82) is 0 Å². The minimum atomic E-state index is 1.09. The summed E-state index contributed by atoms with van der Waals surface area (Å²) in [6.45, 7) is 2.34. The van der Waals surface area contributed by atoms with Crippen molar-refractivity contribution in [2.45, 2.75) is 103 Å². The van der Waals surface area contributed by atoms with Gasteiger partial charge in [-0.25, -0.2) is 0 Å². The molecule has 2 aliphatic rings. The maximum absolute atomic E-state index is 2.34. The Morgan fingerprint density at radius 2 is 1.05 bits per heavy atom. The average Bonchev–Trinajstić information content (AvgIpc) is 2.47. The Morgan fingerprint density at radius 3 is 1.58 bits per heavy atom. The van der Waals surface area contributed by atoms with Crippen LogP contribution in [0.2, 0.25) is 0 Å². The van der Waals surface area contributed by atoms with Gasteiger partial charge in [-0.1, -0.05) is 103 Å². The summed E-state index contributed by atoms with van der Waals surface area (Å²) in [7, 11) is 0. The van der Waals surface area contributed by atoms with Crippen molar-refractivity contribution < 1.29 is 0 Å². The Labute approximate surface area is 121 Å². The van der Waals surface area contributed by atoms with E-state index in [0.717, 1.165) is 17.8 Å². The Morgan fingerprint density at radius 1 is 0.579 bits per heavy atom. The lowest BCUT2D eigenvalue weighted by molar-refractivity contribution is 0.244. The first-order valence-corrected chi connectivity index (χ1v) is 9.38. The molecule has 0 aromatic carbocycles. The zero-order valence-corrected chi connectivity index (χ0v) is 13.3. The smallest absolute Gasteiger partial charge is 0.0414 e. The first-order chi connectivity index (χ1) is 9.38. The number of rotatable bonds is 7. The summed E-state index contributed by atoms with van der Waals surface area (Å²) in [6.07, 6.45) is 22.9. The molecule has 0 unspecified atom stereocenters. The third kappa shape index (κ3) is 5.88. The predicted octanol–water partition coefficient (Wildman–Crippen LogP) is 6.73. The van der Waals surface area contributed by atoms with Gasteiger partial charge < -0.3 is 0 Å². The number of hydrogen-bond donors (Lipinski definition) is 0. The molecule has 0 aromatic heterocycles. The first kappa shape index (κ1) is 15.4. The van der Waals surface area contributed by atoms with Gasteiger partial charge in [-0.3, -0.25) is 0 Å². The van der Waals surface area contributed by atoms with Crippen LogP contribution in [-0.2, 0) is 0 Å². The Bertz CT molecular complexity index is 206. The lowest BCUT2D eigenvalue weighted by Gasteiger charge is -2.28. The van der Waals surface area contributed by atoms with Crippen LogP contribution in [0.1, 0.15) is 103 Å². The van der Waals surface area contributed by atoms with Crippen LogP contribution < -0.4 is 0 Å². The quantitative estimate of drug-likeness (QED) is 0.447. The monoisotopic (exact) mass is 264 g/mol. The van der Waals surface area contributed by atoms with Crippen LogP contribution in [0.25, 0.3) is 0 Å². The van der Waals surface area contributed by atoms with Crippen LogP contribution in [0, 0.1) is 17.8 Å². The molecule has 0 spiro atoms. The third-order valence-electron chi connectivity index (χ3n) is 5.86. The second kappa shape index (κ2) is 9.03. The van der Waals surface area contributed by atoms with E-state index in [1.165, 1.54) is 44.9 Å². The summed E-state index contributed by atoms with van der Waals surface area (Å²) in [5.74, 6) is 3.29. The summed E-state index contributed by atoms with van der Waals surface area (Å²) < 4.78 is 0. The summed E-state index contributed by atoms with van der Waals surface area (Å²) in [5, 5.41) is 0. The van der Waals surface area contributed by atoms with Crippen molar-refractivity contribution in [2.24, 2.45) is 17.8 Å². The maximum atomic E-state index is 2.34. The Balaban J connectivity index is 1.47. The molecule has 0 nitrogen and oxygen atoms in total. The zero-order chi connectivity index (χ0) is 13.3. The van der Waals surface area contributed by atoms with Gasteiger partial charge in [-0.2, -0.15) is 0 Å². The van der Waals surface area contributed by atoms with E-state index in [1.54, 1.807) is 51.4 Å². The van der Waals surface area contributed by atoms with Crippen LogP contribution in [0.15, 0.2) is 0 Å². The van der Waals surface area contributed by atoms with Crippen LogP contribution in [0.5, 0.6) is 0 Å². The number of unbranched alkanes of at least 4 members (excludes halogenated alkanes) is 1. The van der Waals surface area contributed by atoms with Gasteiger partial charge in [-0.05, 0) is 17.8 Å². The molecule has 2 fully saturated rings. The molecule has 0 heteroatoms. The van der Waals surface area contributed by atoms with Crippen LogP contribution in [0.4, 0.5) is 0 Å². The van der Waals surface area contributed by atoms with E-state index < -0.39 is 0 Å². The van der Waals surface area contributed by atoms with Crippen LogP contribution >= 0.6 is 0 Å². The van der Waals surface area contributed by atoms with Gasteiger partial charge in [-0.15, -0.1) is 0 Å². The summed E-state index contributed by atoms with van der Waals surface area (Å²) >= 11 is 0. The van der Waals surface area contributed by atoms with Gasteiger partial charge in [0.05, 0.1) is 0 Å². The molecule has 112 valence electrons. The fraction of sp³-hybridized carbons (Fsp3) is 1.00. The van der Waals surface area contributed by atoms with E-state index in [0.29, 0.717) is 0 Å². The first-order valence-electron chi connectivity index (χ1n) is 9.38. The SMILES string of the molecule is CCCC1CCC(CCCCC2CCCCC2)CC1. The minimum Gasteiger partial charge on any atom is -0.0654 e. The third-order valence-corrected chi connectivity index (χ3v) is 5.86. The van der Waals surface area contributed by atoms with Gasteiger partial charge in [0.15, 0.2) is 0 Å². The normalized spacial score (nSPS) is 29.5. The Kier molecular flexibility index (Phi) is 7.32. The standard InChI is InChI=1S/C19H36/c1-2-8-17-13-15-19(16-14-17)12-7-6-11-18-9-4-3-5-10-18/h17-19H,2-16H2,1H3. The van der Waals surface area contributed by atoms with E-state index >= 15 is 0 Å². The highest BCUT2D eigenvalue weighted by atomic mass is 14.3. The van der Waals surface area contributed by atoms with Crippen molar-refractivity contribution in [2.75, 3.05) is 0 Å². The van der Waals surface area contributed by atoms with Gasteiger partial charge in [0.25, 0.3) is 0 Å². The molecule has 0 N–H and O–H groups in total. The van der Waals surface area contributed by atoms with E-state index in [1.807, 2.05) is 0 Å². The minimum absolute atomic E-state index is 1.09. The predicted molar refractivity (Wildman–Crippen MR) is 85.4 cm³/mol. The lowest BCUT2D eigenvalue weighted by atomic mass is 9.78. The highest BCUT2D eigenvalue weighted by Crippen LogP contribution is 2.34. The maximum Gasteiger partial charge on any atom is -0.0414 e. The van der Waals surface area contributed by atoms with Gasteiger partial charge in [0.1, 0.15) is 0 Å². The fourth-order valence-electron chi connectivity index (χ4n) is 4.56. The summed E-state index contributed by atoms with van der Waals surface area (Å²) in [5.41, 5.74) is 0. The zero-order valence-electron chi connectivity index (χ0n) is 13.3. The molecule has 0 saturated heterocycles. The molecule has 2 rings (SSSR count). The second-order valence-electron chi connectivity index (χ2n) is 7.46. The van der Waals surface area contributed by atoms with E-state index in [2.05, 4.69) is 6.92 Å². The molecule has 0 heterocycles. The van der Waals surface area contributed by atoms with Crippen LogP contribution in [-0.4, -0.2) is 0 Å². The van der Waals surface area contributed by atoms with Gasteiger partial charge in [0, 0.05) is 0 Å². The molecule has 2 aliphatic carbocycles. The molecule has 2 saturated carbocycles. The highest BCUT2D eigenvalue weighted by molar-refractivity contribution is 4.73. The second-order valence-corrected chi connectivity index (χ2v) is 7.46. The van der Waals surface area contributed by atoms with Crippen molar-refractivity contribution in [3.63, 3.8) is 0 Å². The Hall–Kier alpha value is 0. The van der Waals surface area contributed by atoms with Crippen molar-refractivity contribution in [1.82, 2.24) is 0 Å². The molecule has 0 bridgehead atoms. The molecule has 0 amide bonds. The molecule has 19 heavy (non-hydrogen) atoms. The average molecular weight is 264 g/mol. The fourth-order valence-corrected chi connectivity index (χ4v) is 4.56. The van der Waals surface area contributed by atoms with Crippen molar-refractivity contribution >= 4 is 0 Å². The topological polar surface area (TPSA) is 0 Å². The van der Waals surface area contributed by atoms with Gasteiger partial charge >= 0.3 is 0 Å². The van der Waals surface area contributed by atoms with E-state index in [9.17, 15) is 0 Å². The molecule has 0 aliphatic heterocycles. The van der Waals surface area contributed by atoms with Crippen molar-refractivity contribution in [3.05, 3.63) is 0 Å². The van der Waals surface area contributed by atoms with Crippen molar-refractivity contribution in [3.8, 4) is 0 Å². The highest BCUT2D eigenvalue weighted by Gasteiger charge is 2.20. The molecular weight excluding hydrogens is 228 g/mol. The summed E-state index contributed by atoms with van der Waals surface area (Å²) in [6, 6.07) is 0. The van der Waals surface area contributed by atoms with E-state index in [-0.39, 0.29) is 0 Å². The van der Waals surface area contributed by atoms with Crippen LogP contribution in [0.3, 0.4) is 0 Å². The summed E-state index contributed by atoms with van der Waals surface area (Å²) in [4.78, 5) is 0. The van der Waals surface area contributed by atoms with E-state index in [4.69, 9.17) is 0 Å². The van der Waals surface area contributed by atoms with Gasteiger partial charge in [0.2, 0.25) is 0 Å². The lowest BCUT2D eigenvalue weighted by Crippen LogP contribution is -2.14. The number of hydrogen-bond acceptors (Lipinski definition) is 0.